The van der Waals surface area contributed by atoms with Crippen LogP contribution in [0.4, 0.5) is 0 Å². The molecule has 1 aliphatic heterocycles. The van der Waals surface area contributed by atoms with Crippen LogP contribution >= 0.6 is 11.3 Å². The molecule has 5 heteroatoms. The first-order valence-electron chi connectivity index (χ1n) is 9.07. The molecule has 0 saturated carbocycles. The van der Waals surface area contributed by atoms with E-state index >= 15 is 0 Å². The zero-order chi connectivity index (χ0) is 16.9. The third kappa shape index (κ3) is 4.54. The van der Waals surface area contributed by atoms with Crippen molar-refractivity contribution in [3.63, 3.8) is 0 Å². The van der Waals surface area contributed by atoms with Gasteiger partial charge in [0.1, 0.15) is 5.01 Å². The molecule has 24 heavy (non-hydrogen) atoms. The van der Waals surface area contributed by atoms with Gasteiger partial charge >= 0.3 is 0 Å². The molecule has 132 valence electrons. The minimum atomic E-state index is 0.259. The molecule has 2 heterocycles. The third-order valence-corrected chi connectivity index (χ3v) is 6.04. The van der Waals surface area contributed by atoms with Gasteiger partial charge in [-0.1, -0.05) is 12.1 Å². The van der Waals surface area contributed by atoms with E-state index in [1.165, 1.54) is 22.5 Å². The number of aliphatic hydroxyl groups is 1. The van der Waals surface area contributed by atoms with Crippen LogP contribution in [-0.4, -0.2) is 58.7 Å². The highest BCUT2D eigenvalue weighted by molar-refractivity contribution is 7.18. The van der Waals surface area contributed by atoms with Crippen LogP contribution in [0, 0.1) is 5.92 Å². The maximum atomic E-state index is 9.23. The first kappa shape index (κ1) is 17.8. The second kappa shape index (κ2) is 8.39. The molecule has 4 nitrogen and oxygen atoms in total. The lowest BCUT2D eigenvalue weighted by Crippen LogP contribution is -2.41. The Morgan fingerprint density at radius 3 is 2.71 bits per heavy atom. The summed E-state index contributed by atoms with van der Waals surface area (Å²) in [6, 6.07) is 8.92. The summed E-state index contributed by atoms with van der Waals surface area (Å²) in [5, 5.41) is 10.5. The van der Waals surface area contributed by atoms with Gasteiger partial charge in [-0.15, -0.1) is 11.3 Å². The minimum Gasteiger partial charge on any atom is -0.395 e. The molecule has 1 aliphatic rings. The summed E-state index contributed by atoms with van der Waals surface area (Å²) >= 11 is 1.82. The lowest BCUT2D eigenvalue weighted by Gasteiger charge is -2.35. The number of thiazole rings is 1. The molecule has 0 spiro atoms. The molecule has 0 bridgehead atoms. The molecular weight excluding hydrogens is 318 g/mol. The Kier molecular flexibility index (Phi) is 6.22. The Morgan fingerprint density at radius 2 is 2.04 bits per heavy atom. The second-order valence-electron chi connectivity index (χ2n) is 7.11. The smallest absolute Gasteiger partial charge is 0.108 e. The van der Waals surface area contributed by atoms with Gasteiger partial charge < -0.3 is 5.11 Å². The van der Waals surface area contributed by atoms with E-state index in [9.17, 15) is 5.11 Å². The Balaban J connectivity index is 1.49. The van der Waals surface area contributed by atoms with Crippen molar-refractivity contribution in [2.24, 2.45) is 5.92 Å². The average molecular weight is 348 g/mol. The molecular formula is C19H29N3OS. The van der Waals surface area contributed by atoms with E-state index in [-0.39, 0.29) is 6.61 Å². The number of aromatic nitrogens is 1. The molecule has 1 aromatic carbocycles. The van der Waals surface area contributed by atoms with Crippen molar-refractivity contribution in [1.29, 1.82) is 0 Å². The van der Waals surface area contributed by atoms with Gasteiger partial charge in [0.2, 0.25) is 0 Å². The molecule has 0 amide bonds. The van der Waals surface area contributed by atoms with Gasteiger partial charge in [0.05, 0.1) is 23.4 Å². The van der Waals surface area contributed by atoms with Crippen LogP contribution < -0.4 is 0 Å². The number of hydrogen-bond donors (Lipinski definition) is 1. The van der Waals surface area contributed by atoms with Crippen molar-refractivity contribution in [3.8, 4) is 0 Å². The van der Waals surface area contributed by atoms with E-state index in [1.54, 1.807) is 0 Å². The SMILES string of the molecule is CC(C)N(CCO)CC1CCN(Cc2nc3ccccc3s2)CC1. The largest absolute Gasteiger partial charge is 0.395 e. The van der Waals surface area contributed by atoms with Crippen LogP contribution in [0.3, 0.4) is 0 Å². The number of piperidine rings is 1. The Hall–Kier alpha value is -1.01. The molecule has 1 saturated heterocycles. The zero-order valence-corrected chi connectivity index (χ0v) is 15.6. The standard InChI is InChI=1S/C19H29N3OS/c1-15(2)22(11-12-23)13-16-7-9-21(10-8-16)14-19-20-17-5-3-4-6-18(17)24-19/h3-6,15-16,23H,7-14H2,1-2H3. The lowest BCUT2D eigenvalue weighted by molar-refractivity contribution is 0.107. The van der Waals surface area contributed by atoms with Crippen LogP contribution in [0.25, 0.3) is 10.2 Å². The summed E-state index contributed by atoms with van der Waals surface area (Å²) in [5.74, 6) is 0.755. The number of fused-ring (bicyclic) bond motifs is 1. The first-order chi connectivity index (χ1) is 11.7. The van der Waals surface area contributed by atoms with E-state index in [2.05, 4.69) is 47.9 Å². The first-order valence-corrected chi connectivity index (χ1v) is 9.89. The van der Waals surface area contributed by atoms with Crippen LogP contribution in [0.2, 0.25) is 0 Å². The molecule has 0 atom stereocenters. The van der Waals surface area contributed by atoms with Gasteiger partial charge in [-0.2, -0.15) is 0 Å². The number of hydrogen-bond acceptors (Lipinski definition) is 5. The average Bonchev–Trinajstić information content (AvgIpc) is 2.98. The van der Waals surface area contributed by atoms with E-state index in [0.29, 0.717) is 6.04 Å². The third-order valence-electron chi connectivity index (χ3n) is 5.01. The summed E-state index contributed by atoms with van der Waals surface area (Å²) < 4.78 is 1.29. The molecule has 1 fully saturated rings. The van der Waals surface area contributed by atoms with Gasteiger partial charge in [0, 0.05) is 19.1 Å². The number of nitrogens with zero attached hydrogens (tertiary/aromatic N) is 3. The van der Waals surface area contributed by atoms with Crippen molar-refractivity contribution in [3.05, 3.63) is 29.3 Å². The highest BCUT2D eigenvalue weighted by atomic mass is 32.1. The lowest BCUT2D eigenvalue weighted by atomic mass is 9.95. The fourth-order valence-electron chi connectivity index (χ4n) is 3.53. The highest BCUT2D eigenvalue weighted by Crippen LogP contribution is 2.25. The van der Waals surface area contributed by atoms with E-state index in [0.717, 1.165) is 44.2 Å². The number of rotatable bonds is 7. The number of benzene rings is 1. The van der Waals surface area contributed by atoms with Crippen LogP contribution in [0.15, 0.2) is 24.3 Å². The van der Waals surface area contributed by atoms with Gasteiger partial charge in [-0.25, -0.2) is 4.98 Å². The number of para-hydroxylation sites is 1. The Morgan fingerprint density at radius 1 is 1.29 bits per heavy atom. The summed E-state index contributed by atoms with van der Waals surface area (Å²) in [4.78, 5) is 9.71. The molecule has 0 unspecified atom stereocenters. The summed E-state index contributed by atoms with van der Waals surface area (Å²) in [6.45, 7) is 9.91. The van der Waals surface area contributed by atoms with Gasteiger partial charge in [0.15, 0.2) is 0 Å². The number of aliphatic hydroxyl groups excluding tert-OH is 1. The quantitative estimate of drug-likeness (QED) is 0.835. The topological polar surface area (TPSA) is 39.6 Å². The summed E-state index contributed by atoms with van der Waals surface area (Å²) in [6.07, 6.45) is 2.50. The normalized spacial score (nSPS) is 17.4. The van der Waals surface area contributed by atoms with Crippen molar-refractivity contribution in [2.45, 2.75) is 39.3 Å². The van der Waals surface area contributed by atoms with Crippen LogP contribution in [0.5, 0.6) is 0 Å². The maximum absolute atomic E-state index is 9.23. The van der Waals surface area contributed by atoms with E-state index in [1.807, 2.05) is 11.3 Å². The zero-order valence-electron chi connectivity index (χ0n) is 14.8. The Bertz CT molecular complexity index is 601. The molecule has 2 aromatic rings. The molecule has 1 aromatic heterocycles. The predicted molar refractivity (Wildman–Crippen MR) is 101 cm³/mol. The van der Waals surface area contributed by atoms with Crippen molar-refractivity contribution in [1.82, 2.24) is 14.8 Å². The maximum Gasteiger partial charge on any atom is 0.108 e. The summed E-state index contributed by atoms with van der Waals surface area (Å²) in [5.41, 5.74) is 1.13. The number of likely N-dealkylation sites (tertiary alicyclic amines) is 1. The molecule has 1 N–H and O–H groups in total. The van der Waals surface area contributed by atoms with Gasteiger partial charge in [0.25, 0.3) is 0 Å². The second-order valence-corrected chi connectivity index (χ2v) is 8.22. The van der Waals surface area contributed by atoms with Crippen LogP contribution in [-0.2, 0) is 6.54 Å². The minimum absolute atomic E-state index is 0.259. The van der Waals surface area contributed by atoms with E-state index in [4.69, 9.17) is 4.98 Å². The fraction of sp³-hybridized carbons (Fsp3) is 0.632. The predicted octanol–water partition coefficient (Wildman–Crippen LogP) is 3.21. The fourth-order valence-corrected chi connectivity index (χ4v) is 4.54. The summed E-state index contributed by atoms with van der Waals surface area (Å²) in [7, 11) is 0. The van der Waals surface area contributed by atoms with Crippen molar-refractivity contribution in [2.75, 3.05) is 32.8 Å². The molecule has 0 radical (unpaired) electrons. The monoisotopic (exact) mass is 347 g/mol. The van der Waals surface area contributed by atoms with Crippen LogP contribution in [0.1, 0.15) is 31.7 Å². The van der Waals surface area contributed by atoms with Crippen molar-refractivity contribution >= 4 is 21.6 Å². The highest BCUT2D eigenvalue weighted by Gasteiger charge is 2.23. The van der Waals surface area contributed by atoms with Gasteiger partial charge in [-0.05, 0) is 57.8 Å². The Labute approximate surface area is 149 Å². The van der Waals surface area contributed by atoms with Crippen molar-refractivity contribution < 1.29 is 5.11 Å². The molecule has 3 rings (SSSR count). The van der Waals surface area contributed by atoms with Gasteiger partial charge in [-0.3, -0.25) is 9.80 Å². The molecule has 0 aliphatic carbocycles. The van der Waals surface area contributed by atoms with E-state index < -0.39 is 0 Å².